The van der Waals surface area contributed by atoms with E-state index in [4.69, 9.17) is 21.1 Å². The van der Waals surface area contributed by atoms with E-state index in [1.807, 2.05) is 37.4 Å². The van der Waals surface area contributed by atoms with Gasteiger partial charge in [0, 0.05) is 23.8 Å². The first-order valence-electron chi connectivity index (χ1n) is 5.99. The summed E-state index contributed by atoms with van der Waals surface area (Å²) in [7, 11) is 1.62. The minimum atomic E-state index is 0.457. The van der Waals surface area contributed by atoms with E-state index < -0.39 is 0 Å². The number of aryl methyl sites for hydroxylation is 1. The number of hydrogen-bond donors (Lipinski definition) is 0. The number of hydrogen-bond acceptors (Lipinski definition) is 3. The van der Waals surface area contributed by atoms with Crippen LogP contribution in [0.4, 0.5) is 0 Å². The van der Waals surface area contributed by atoms with Crippen molar-refractivity contribution < 1.29 is 9.47 Å². The fourth-order valence-electron chi connectivity index (χ4n) is 1.77. The SMILES string of the molecule is COc1cc(CCl)ccc1OCc1cncc(C)c1. The molecule has 0 saturated carbocycles. The van der Waals surface area contributed by atoms with E-state index in [1.165, 1.54) is 0 Å². The maximum absolute atomic E-state index is 5.79. The molecule has 1 heterocycles. The van der Waals surface area contributed by atoms with Gasteiger partial charge < -0.3 is 9.47 Å². The molecule has 0 saturated heterocycles. The quantitative estimate of drug-likeness (QED) is 0.781. The second kappa shape index (κ2) is 6.43. The van der Waals surface area contributed by atoms with Gasteiger partial charge in [-0.2, -0.15) is 0 Å². The summed E-state index contributed by atoms with van der Waals surface area (Å²) in [5, 5.41) is 0. The first-order chi connectivity index (χ1) is 9.22. The highest BCUT2D eigenvalue weighted by atomic mass is 35.5. The van der Waals surface area contributed by atoms with Crippen molar-refractivity contribution in [2.24, 2.45) is 0 Å². The van der Waals surface area contributed by atoms with Crippen molar-refractivity contribution in [1.82, 2.24) is 4.98 Å². The molecule has 0 aliphatic carbocycles. The van der Waals surface area contributed by atoms with E-state index in [0.29, 0.717) is 24.0 Å². The van der Waals surface area contributed by atoms with E-state index in [2.05, 4.69) is 4.98 Å². The summed E-state index contributed by atoms with van der Waals surface area (Å²) in [5.41, 5.74) is 3.15. The molecule has 1 aromatic carbocycles. The molecule has 0 fully saturated rings. The number of nitrogens with zero attached hydrogens (tertiary/aromatic N) is 1. The van der Waals surface area contributed by atoms with Gasteiger partial charge in [0.25, 0.3) is 0 Å². The summed E-state index contributed by atoms with van der Waals surface area (Å²) >= 11 is 5.79. The van der Waals surface area contributed by atoms with Crippen molar-refractivity contribution in [1.29, 1.82) is 0 Å². The monoisotopic (exact) mass is 277 g/mol. The van der Waals surface area contributed by atoms with Crippen LogP contribution in [0.3, 0.4) is 0 Å². The number of methoxy groups -OCH3 is 1. The van der Waals surface area contributed by atoms with Gasteiger partial charge in [0.05, 0.1) is 7.11 Å². The fraction of sp³-hybridized carbons (Fsp3) is 0.267. The normalized spacial score (nSPS) is 10.3. The molecule has 0 spiro atoms. The van der Waals surface area contributed by atoms with E-state index in [9.17, 15) is 0 Å². The number of ether oxygens (including phenoxy) is 2. The second-order valence-corrected chi connectivity index (χ2v) is 4.55. The lowest BCUT2D eigenvalue weighted by molar-refractivity contribution is 0.284. The first kappa shape index (κ1) is 13.7. The number of aromatic nitrogens is 1. The Labute approximate surface area is 118 Å². The Hall–Kier alpha value is -1.74. The number of pyridine rings is 1. The highest BCUT2D eigenvalue weighted by Crippen LogP contribution is 2.29. The average Bonchev–Trinajstić information content (AvgIpc) is 2.45. The van der Waals surface area contributed by atoms with E-state index in [-0.39, 0.29) is 0 Å². The lowest BCUT2D eigenvalue weighted by Crippen LogP contribution is -1.99. The molecule has 0 amide bonds. The van der Waals surface area contributed by atoms with Crippen molar-refractivity contribution in [3.63, 3.8) is 0 Å². The molecule has 0 atom stereocenters. The Kier molecular flexibility index (Phi) is 4.63. The Bertz CT molecular complexity index is 558. The second-order valence-electron chi connectivity index (χ2n) is 4.28. The van der Waals surface area contributed by atoms with Crippen LogP contribution in [0.5, 0.6) is 11.5 Å². The highest BCUT2D eigenvalue weighted by molar-refractivity contribution is 6.17. The summed E-state index contributed by atoms with van der Waals surface area (Å²) in [6.07, 6.45) is 3.62. The van der Waals surface area contributed by atoms with Gasteiger partial charge in [-0.15, -0.1) is 11.6 Å². The first-order valence-corrected chi connectivity index (χ1v) is 6.52. The third kappa shape index (κ3) is 3.61. The van der Waals surface area contributed by atoms with Gasteiger partial charge in [-0.05, 0) is 36.2 Å². The zero-order valence-electron chi connectivity index (χ0n) is 11.0. The Morgan fingerprint density at radius 3 is 2.63 bits per heavy atom. The summed E-state index contributed by atoms with van der Waals surface area (Å²) in [6.45, 7) is 2.47. The molecule has 1 aromatic heterocycles. The molecule has 0 radical (unpaired) electrons. The predicted octanol–water partition coefficient (Wildman–Crippen LogP) is 3.72. The zero-order valence-corrected chi connectivity index (χ0v) is 11.8. The maximum Gasteiger partial charge on any atom is 0.161 e. The fourth-order valence-corrected chi connectivity index (χ4v) is 1.94. The zero-order chi connectivity index (χ0) is 13.7. The van der Waals surface area contributed by atoms with Crippen molar-refractivity contribution in [2.75, 3.05) is 7.11 Å². The minimum Gasteiger partial charge on any atom is -0.493 e. The average molecular weight is 278 g/mol. The van der Waals surface area contributed by atoms with E-state index >= 15 is 0 Å². The Morgan fingerprint density at radius 1 is 1.11 bits per heavy atom. The molecule has 0 aliphatic heterocycles. The van der Waals surface area contributed by atoms with Gasteiger partial charge in [0.15, 0.2) is 11.5 Å². The Balaban J connectivity index is 2.11. The number of benzene rings is 1. The van der Waals surface area contributed by atoms with Crippen molar-refractivity contribution in [2.45, 2.75) is 19.4 Å². The maximum atomic E-state index is 5.79. The molecule has 0 N–H and O–H groups in total. The molecule has 2 aromatic rings. The topological polar surface area (TPSA) is 31.4 Å². The van der Waals surface area contributed by atoms with Gasteiger partial charge in [0.2, 0.25) is 0 Å². The van der Waals surface area contributed by atoms with Crippen molar-refractivity contribution in [3.8, 4) is 11.5 Å². The summed E-state index contributed by atoms with van der Waals surface area (Å²) in [4.78, 5) is 4.14. The van der Waals surface area contributed by atoms with Crippen LogP contribution in [0, 0.1) is 6.92 Å². The molecule has 0 aliphatic rings. The molecule has 3 nitrogen and oxygen atoms in total. The van der Waals surface area contributed by atoms with Gasteiger partial charge in [-0.25, -0.2) is 0 Å². The molecule has 0 bridgehead atoms. The summed E-state index contributed by atoms with van der Waals surface area (Å²) < 4.78 is 11.1. The van der Waals surface area contributed by atoms with Crippen LogP contribution >= 0.6 is 11.6 Å². The third-order valence-corrected chi connectivity index (χ3v) is 3.02. The van der Waals surface area contributed by atoms with Gasteiger partial charge in [0.1, 0.15) is 6.61 Å². The number of alkyl halides is 1. The third-order valence-electron chi connectivity index (χ3n) is 2.71. The molecular formula is C15H16ClNO2. The van der Waals surface area contributed by atoms with Crippen molar-refractivity contribution >= 4 is 11.6 Å². The standard InChI is InChI=1S/C15H16ClNO2/c1-11-5-13(9-17-8-11)10-19-14-4-3-12(7-16)6-15(14)18-2/h3-6,8-9H,7,10H2,1-2H3. The molecule has 0 unspecified atom stereocenters. The molecule has 100 valence electrons. The lowest BCUT2D eigenvalue weighted by Gasteiger charge is -2.11. The smallest absolute Gasteiger partial charge is 0.161 e. The largest absolute Gasteiger partial charge is 0.493 e. The van der Waals surface area contributed by atoms with Crippen LogP contribution in [0.1, 0.15) is 16.7 Å². The van der Waals surface area contributed by atoms with Crippen LogP contribution in [-0.2, 0) is 12.5 Å². The summed E-state index contributed by atoms with van der Waals surface area (Å²) in [5.74, 6) is 1.86. The van der Waals surface area contributed by atoms with Crippen LogP contribution in [0.25, 0.3) is 0 Å². The van der Waals surface area contributed by atoms with Gasteiger partial charge in [-0.3, -0.25) is 4.98 Å². The molecule has 2 rings (SSSR count). The lowest BCUT2D eigenvalue weighted by atomic mass is 10.2. The highest BCUT2D eigenvalue weighted by Gasteiger charge is 2.06. The van der Waals surface area contributed by atoms with Crippen LogP contribution in [0.15, 0.2) is 36.7 Å². The number of rotatable bonds is 5. The minimum absolute atomic E-state index is 0.457. The molecular weight excluding hydrogens is 262 g/mol. The van der Waals surface area contributed by atoms with Crippen LogP contribution < -0.4 is 9.47 Å². The van der Waals surface area contributed by atoms with Gasteiger partial charge in [-0.1, -0.05) is 6.07 Å². The van der Waals surface area contributed by atoms with E-state index in [1.54, 1.807) is 13.3 Å². The Morgan fingerprint density at radius 2 is 1.95 bits per heavy atom. The molecule has 19 heavy (non-hydrogen) atoms. The summed E-state index contributed by atoms with van der Waals surface area (Å²) in [6, 6.07) is 7.74. The van der Waals surface area contributed by atoms with Crippen molar-refractivity contribution in [3.05, 3.63) is 53.3 Å². The van der Waals surface area contributed by atoms with E-state index in [0.717, 1.165) is 16.7 Å². The number of halogens is 1. The predicted molar refractivity (Wildman–Crippen MR) is 75.9 cm³/mol. The molecule has 4 heteroatoms. The van der Waals surface area contributed by atoms with Crippen LogP contribution in [-0.4, -0.2) is 12.1 Å². The van der Waals surface area contributed by atoms with Gasteiger partial charge >= 0.3 is 0 Å². The van der Waals surface area contributed by atoms with Crippen LogP contribution in [0.2, 0.25) is 0 Å².